The monoisotopic (exact) mass is 537 g/mol. The van der Waals surface area contributed by atoms with Gasteiger partial charge in [-0.15, -0.1) is 0 Å². The van der Waals surface area contributed by atoms with E-state index in [1.807, 2.05) is 24.3 Å². The topological polar surface area (TPSA) is 118 Å². The summed E-state index contributed by atoms with van der Waals surface area (Å²) in [5.74, 6) is -0.784. The molecule has 2 amide bonds. The summed E-state index contributed by atoms with van der Waals surface area (Å²) >= 11 is 12.8. The number of anilines is 1. The van der Waals surface area contributed by atoms with Crippen LogP contribution < -0.4 is 10.6 Å². The van der Waals surface area contributed by atoms with Crippen LogP contribution in [-0.4, -0.2) is 57.0 Å². The molecule has 3 N–H and O–H groups in total. The number of aliphatic hydroxyl groups is 1. The van der Waals surface area contributed by atoms with Crippen LogP contribution in [0.5, 0.6) is 0 Å². The molecular formula is C26H21Cl2N5O4. The molecular weight excluding hydrogens is 517 g/mol. The van der Waals surface area contributed by atoms with Crippen LogP contribution in [0.4, 0.5) is 5.82 Å². The number of nitrogens with zero attached hydrogens (tertiary/aromatic N) is 3. The number of carbonyl (C=O) groups excluding carboxylic acids is 2. The summed E-state index contributed by atoms with van der Waals surface area (Å²) < 4.78 is 6.45. The van der Waals surface area contributed by atoms with E-state index in [9.17, 15) is 14.7 Å². The van der Waals surface area contributed by atoms with Gasteiger partial charge in [0.05, 0.1) is 46.7 Å². The zero-order valence-electron chi connectivity index (χ0n) is 19.3. The molecule has 9 nitrogen and oxygen atoms in total. The van der Waals surface area contributed by atoms with Crippen LogP contribution in [0.2, 0.25) is 10.0 Å². The molecule has 4 aromatic rings. The largest absolute Gasteiger partial charge is 0.383 e. The lowest BCUT2D eigenvalue weighted by Gasteiger charge is -2.36. The van der Waals surface area contributed by atoms with Crippen molar-refractivity contribution in [1.29, 1.82) is 0 Å². The van der Waals surface area contributed by atoms with E-state index in [1.165, 1.54) is 16.8 Å². The normalized spacial score (nSPS) is 14.0. The molecule has 0 spiro atoms. The molecule has 1 aliphatic heterocycles. The van der Waals surface area contributed by atoms with E-state index < -0.39 is 17.4 Å². The van der Waals surface area contributed by atoms with Crippen LogP contribution in [-0.2, 0) is 4.74 Å². The fourth-order valence-corrected chi connectivity index (χ4v) is 4.31. The summed E-state index contributed by atoms with van der Waals surface area (Å²) in [5, 5.41) is 20.5. The molecule has 5 rings (SSSR count). The van der Waals surface area contributed by atoms with Crippen molar-refractivity contribution in [3.63, 3.8) is 0 Å². The molecule has 2 aromatic carbocycles. The van der Waals surface area contributed by atoms with E-state index in [0.29, 0.717) is 22.0 Å². The maximum Gasteiger partial charge on any atom is 0.271 e. The van der Waals surface area contributed by atoms with Gasteiger partial charge in [0, 0.05) is 17.8 Å². The number of nitrogens with one attached hydrogen (secondary N) is 2. The SMILES string of the molecule is O=C(NCC1(O)COC1)c1cc(NC(=O)c2cc(-c3ccccn3)c(Cl)cc2Cl)n(-c2ccccc2)n1. The van der Waals surface area contributed by atoms with Gasteiger partial charge in [-0.25, -0.2) is 4.68 Å². The quantitative estimate of drug-likeness (QED) is 0.328. The second kappa shape index (κ2) is 10.3. The van der Waals surface area contributed by atoms with Gasteiger partial charge in [0.2, 0.25) is 0 Å². The number of hydrogen-bond acceptors (Lipinski definition) is 6. The van der Waals surface area contributed by atoms with Crippen molar-refractivity contribution in [1.82, 2.24) is 20.1 Å². The summed E-state index contributed by atoms with van der Waals surface area (Å²) in [6.07, 6.45) is 1.63. The van der Waals surface area contributed by atoms with E-state index in [4.69, 9.17) is 27.9 Å². The summed E-state index contributed by atoms with van der Waals surface area (Å²) in [7, 11) is 0. The van der Waals surface area contributed by atoms with Crippen molar-refractivity contribution in [2.24, 2.45) is 0 Å². The van der Waals surface area contributed by atoms with Crippen LogP contribution in [0.25, 0.3) is 16.9 Å². The molecule has 0 bridgehead atoms. The fraction of sp³-hybridized carbons (Fsp3) is 0.154. The average molecular weight is 538 g/mol. The number of ether oxygens (including phenoxy) is 1. The third kappa shape index (κ3) is 5.35. The number of halogens is 2. The smallest absolute Gasteiger partial charge is 0.271 e. The Morgan fingerprint density at radius 1 is 1.00 bits per heavy atom. The van der Waals surface area contributed by atoms with Crippen LogP contribution in [0.3, 0.4) is 0 Å². The van der Waals surface area contributed by atoms with Crippen LogP contribution >= 0.6 is 23.2 Å². The zero-order chi connectivity index (χ0) is 26.0. The highest BCUT2D eigenvalue weighted by atomic mass is 35.5. The second-order valence-corrected chi connectivity index (χ2v) is 9.36. The number of aromatic nitrogens is 3. The Kier molecular flexibility index (Phi) is 6.94. The van der Waals surface area contributed by atoms with Crippen molar-refractivity contribution >= 4 is 40.8 Å². The van der Waals surface area contributed by atoms with E-state index in [2.05, 4.69) is 20.7 Å². The van der Waals surface area contributed by atoms with Crippen LogP contribution in [0, 0.1) is 0 Å². The van der Waals surface area contributed by atoms with Crippen LogP contribution in [0.1, 0.15) is 20.8 Å². The maximum absolute atomic E-state index is 13.3. The highest BCUT2D eigenvalue weighted by molar-refractivity contribution is 6.38. The molecule has 3 heterocycles. The second-order valence-electron chi connectivity index (χ2n) is 8.54. The number of amides is 2. The van der Waals surface area contributed by atoms with Gasteiger partial charge in [-0.3, -0.25) is 14.6 Å². The third-order valence-corrected chi connectivity index (χ3v) is 6.37. The Bertz CT molecular complexity index is 1460. The van der Waals surface area contributed by atoms with E-state index in [0.717, 1.165) is 0 Å². The number of benzene rings is 2. The van der Waals surface area contributed by atoms with E-state index in [-0.39, 0.29) is 41.9 Å². The molecule has 2 aromatic heterocycles. The van der Waals surface area contributed by atoms with Gasteiger partial charge in [-0.05, 0) is 36.4 Å². The van der Waals surface area contributed by atoms with Crippen LogP contribution in [0.15, 0.2) is 72.9 Å². The Hall–Kier alpha value is -3.76. The molecule has 0 saturated carbocycles. The first kappa shape index (κ1) is 24.9. The molecule has 188 valence electrons. The Morgan fingerprint density at radius 3 is 2.43 bits per heavy atom. The lowest BCUT2D eigenvalue weighted by molar-refractivity contribution is -0.173. The predicted molar refractivity (Wildman–Crippen MR) is 139 cm³/mol. The molecule has 1 aliphatic rings. The van der Waals surface area contributed by atoms with Gasteiger partial charge < -0.3 is 20.5 Å². The number of pyridine rings is 1. The highest BCUT2D eigenvalue weighted by Crippen LogP contribution is 2.32. The fourth-order valence-electron chi connectivity index (χ4n) is 3.75. The zero-order valence-corrected chi connectivity index (χ0v) is 20.8. The average Bonchev–Trinajstić information content (AvgIpc) is 3.31. The summed E-state index contributed by atoms with van der Waals surface area (Å²) in [6, 6.07) is 18.9. The van der Waals surface area contributed by atoms with Gasteiger partial charge in [0.15, 0.2) is 5.69 Å². The van der Waals surface area contributed by atoms with Crippen molar-refractivity contribution in [3.05, 3.63) is 94.2 Å². The number of hydrogen-bond donors (Lipinski definition) is 3. The number of carbonyl (C=O) groups is 2. The standard InChI is InChI=1S/C26H21Cl2N5O4/c27-19-11-20(28)18(10-17(19)21-8-4-5-9-29-21)24(34)31-23-12-22(25(35)30-13-26(36)14-37-15-26)32-33(23)16-6-2-1-3-7-16/h1-12,36H,13-15H2,(H,30,35)(H,31,34). The predicted octanol–water partition coefficient (Wildman–Crippen LogP) is 3.98. The summed E-state index contributed by atoms with van der Waals surface area (Å²) in [6.45, 7) is 0.313. The molecule has 0 atom stereocenters. The van der Waals surface area contributed by atoms with Crippen molar-refractivity contribution in [2.45, 2.75) is 5.60 Å². The lowest BCUT2D eigenvalue weighted by Crippen LogP contribution is -2.57. The van der Waals surface area contributed by atoms with E-state index in [1.54, 1.807) is 36.5 Å². The van der Waals surface area contributed by atoms with Crippen molar-refractivity contribution < 1.29 is 19.4 Å². The lowest BCUT2D eigenvalue weighted by atomic mass is 10.0. The molecule has 11 heteroatoms. The Labute approximate surface area is 222 Å². The Morgan fingerprint density at radius 2 is 1.76 bits per heavy atom. The molecule has 37 heavy (non-hydrogen) atoms. The Balaban J connectivity index is 1.45. The number of para-hydroxylation sites is 1. The van der Waals surface area contributed by atoms with Gasteiger partial charge in [0.1, 0.15) is 11.4 Å². The van der Waals surface area contributed by atoms with E-state index >= 15 is 0 Å². The number of rotatable bonds is 7. The molecule has 1 saturated heterocycles. The minimum Gasteiger partial charge on any atom is -0.383 e. The molecule has 1 fully saturated rings. The van der Waals surface area contributed by atoms with Gasteiger partial charge in [-0.2, -0.15) is 5.10 Å². The third-order valence-electron chi connectivity index (χ3n) is 5.75. The minimum absolute atomic E-state index is 0.0163. The summed E-state index contributed by atoms with van der Waals surface area (Å²) in [5.41, 5.74) is 0.895. The van der Waals surface area contributed by atoms with Gasteiger partial charge in [-0.1, -0.05) is 47.5 Å². The molecule has 0 radical (unpaired) electrons. The molecule has 0 unspecified atom stereocenters. The minimum atomic E-state index is -1.09. The van der Waals surface area contributed by atoms with Gasteiger partial charge in [0.25, 0.3) is 11.8 Å². The highest BCUT2D eigenvalue weighted by Gasteiger charge is 2.36. The first-order valence-electron chi connectivity index (χ1n) is 11.3. The van der Waals surface area contributed by atoms with Crippen molar-refractivity contribution in [2.75, 3.05) is 25.1 Å². The first-order valence-corrected chi connectivity index (χ1v) is 12.0. The molecule has 0 aliphatic carbocycles. The summed E-state index contributed by atoms with van der Waals surface area (Å²) in [4.78, 5) is 30.4. The maximum atomic E-state index is 13.3. The first-order chi connectivity index (χ1) is 17.8. The van der Waals surface area contributed by atoms with Gasteiger partial charge >= 0.3 is 0 Å². The van der Waals surface area contributed by atoms with Crippen molar-refractivity contribution in [3.8, 4) is 16.9 Å².